The molecule has 1 aromatic heterocycles. The van der Waals surface area contributed by atoms with E-state index in [0.29, 0.717) is 18.0 Å². The number of rotatable bonds is 15. The number of nitrogens with two attached hydrogens (primary N) is 2. The summed E-state index contributed by atoms with van der Waals surface area (Å²) >= 11 is 0. The van der Waals surface area contributed by atoms with Gasteiger partial charge < -0.3 is 21.2 Å². The van der Waals surface area contributed by atoms with Gasteiger partial charge >= 0.3 is 0 Å². The zero-order chi connectivity index (χ0) is 29.5. The molecule has 1 rings (SSSR count). The van der Waals surface area contributed by atoms with E-state index < -0.39 is 25.9 Å². The van der Waals surface area contributed by atoms with Gasteiger partial charge in [-0.15, -0.1) is 0 Å². The fraction of sp³-hybridized carbons (Fsp3) is 0.767. The standard InChI is InChI=1S/C30H56N4O3Si/c1-12-22(6)25(31)27(35)26(24-15-13-14-18-33-24)34-28(36)30(32,21(4)5)19-23(17-16-20(2)3)37-38(10,11)29(7,8)9/h13-15,18,20-23,25-26H,12,16-17,19,31-32H2,1-11H3,(H,34,36)/t22-,23-,25-,26?,30-/m0/s1. The number of ketones is 1. The van der Waals surface area contributed by atoms with Crippen LogP contribution in [0.25, 0.3) is 0 Å². The molecule has 0 fully saturated rings. The van der Waals surface area contributed by atoms with Crippen LogP contribution in [0.2, 0.25) is 18.1 Å². The minimum Gasteiger partial charge on any atom is -0.414 e. The second kappa shape index (κ2) is 14.1. The number of nitrogens with zero attached hydrogens (tertiary/aromatic N) is 1. The average Bonchev–Trinajstić information content (AvgIpc) is 2.83. The van der Waals surface area contributed by atoms with Crippen LogP contribution in [0.3, 0.4) is 0 Å². The van der Waals surface area contributed by atoms with Crippen LogP contribution in [-0.4, -0.2) is 42.7 Å². The maximum absolute atomic E-state index is 14.0. The van der Waals surface area contributed by atoms with Gasteiger partial charge in [0.2, 0.25) is 5.91 Å². The van der Waals surface area contributed by atoms with E-state index in [-0.39, 0.29) is 34.7 Å². The van der Waals surface area contributed by atoms with Gasteiger partial charge in [0.1, 0.15) is 11.6 Å². The van der Waals surface area contributed by atoms with Crippen LogP contribution in [0, 0.1) is 17.8 Å². The van der Waals surface area contributed by atoms with Gasteiger partial charge in [0, 0.05) is 12.3 Å². The summed E-state index contributed by atoms with van der Waals surface area (Å²) in [7, 11) is -2.11. The molecular formula is C30H56N4O3Si. The predicted molar refractivity (Wildman–Crippen MR) is 160 cm³/mol. The first-order chi connectivity index (χ1) is 17.4. The Morgan fingerprint density at radius 3 is 2.13 bits per heavy atom. The molecule has 5 N–H and O–H groups in total. The number of amides is 1. The average molecular weight is 549 g/mol. The van der Waals surface area contributed by atoms with Crippen LogP contribution in [0.1, 0.15) is 99.7 Å². The van der Waals surface area contributed by atoms with Crippen molar-refractivity contribution < 1.29 is 14.0 Å². The maximum Gasteiger partial charge on any atom is 0.241 e. The molecule has 0 radical (unpaired) electrons. The van der Waals surface area contributed by atoms with E-state index >= 15 is 0 Å². The molecule has 38 heavy (non-hydrogen) atoms. The number of pyridine rings is 1. The summed E-state index contributed by atoms with van der Waals surface area (Å²) in [5.41, 5.74) is 12.5. The Balaban J connectivity index is 3.38. The second-order valence-corrected chi connectivity index (χ2v) is 18.1. The van der Waals surface area contributed by atoms with Crippen LogP contribution in [-0.2, 0) is 14.0 Å². The van der Waals surface area contributed by atoms with Crippen molar-refractivity contribution in [3.8, 4) is 0 Å². The van der Waals surface area contributed by atoms with Crippen molar-refractivity contribution in [2.24, 2.45) is 29.2 Å². The molecule has 0 saturated carbocycles. The van der Waals surface area contributed by atoms with E-state index in [2.05, 4.69) is 58.0 Å². The molecule has 7 nitrogen and oxygen atoms in total. The number of carbonyl (C=O) groups is 2. The fourth-order valence-electron chi connectivity index (χ4n) is 4.11. The van der Waals surface area contributed by atoms with Crippen LogP contribution < -0.4 is 16.8 Å². The van der Waals surface area contributed by atoms with Crippen molar-refractivity contribution in [2.75, 3.05) is 0 Å². The highest BCUT2D eigenvalue weighted by Crippen LogP contribution is 2.39. The Hall–Kier alpha value is -1.61. The van der Waals surface area contributed by atoms with Gasteiger partial charge in [0.05, 0.1) is 11.7 Å². The summed E-state index contributed by atoms with van der Waals surface area (Å²) in [6.45, 7) is 23.3. The molecule has 0 aliphatic heterocycles. The Morgan fingerprint density at radius 1 is 1.08 bits per heavy atom. The smallest absolute Gasteiger partial charge is 0.241 e. The maximum atomic E-state index is 14.0. The topological polar surface area (TPSA) is 120 Å². The second-order valence-electron chi connectivity index (χ2n) is 13.3. The van der Waals surface area contributed by atoms with E-state index in [1.807, 2.05) is 27.7 Å². The Kier molecular flexibility index (Phi) is 12.8. The van der Waals surface area contributed by atoms with E-state index in [4.69, 9.17) is 15.9 Å². The SMILES string of the molecule is CC[C@H](C)[C@H](N)C(=O)C(NC(=O)[C@](N)(C[C@H](CCC(C)C)O[Si](C)(C)C(C)(C)C)C(C)C)c1ccccn1. The Labute approximate surface area is 233 Å². The first kappa shape index (κ1) is 34.4. The minimum absolute atomic E-state index is 0.0308. The van der Waals surface area contributed by atoms with Gasteiger partial charge in [0.15, 0.2) is 14.1 Å². The molecule has 0 saturated heterocycles. The molecule has 0 aromatic carbocycles. The number of aromatic nitrogens is 1. The van der Waals surface area contributed by atoms with Gasteiger partial charge in [-0.1, -0.05) is 74.8 Å². The lowest BCUT2D eigenvalue weighted by Crippen LogP contribution is -2.61. The highest BCUT2D eigenvalue weighted by molar-refractivity contribution is 6.74. The van der Waals surface area contributed by atoms with Gasteiger partial charge in [-0.25, -0.2) is 0 Å². The summed E-state index contributed by atoms with van der Waals surface area (Å²) in [5, 5.41) is 3.01. The zero-order valence-corrected chi connectivity index (χ0v) is 26.9. The molecule has 0 aliphatic carbocycles. The zero-order valence-electron chi connectivity index (χ0n) is 25.9. The first-order valence-corrected chi connectivity index (χ1v) is 17.3. The number of Topliss-reactive ketones (excluding diaryl/α,β-unsaturated/α-hetero) is 1. The highest BCUT2D eigenvalue weighted by Gasteiger charge is 2.45. The number of hydrogen-bond donors (Lipinski definition) is 3. The van der Waals surface area contributed by atoms with Crippen molar-refractivity contribution in [3.63, 3.8) is 0 Å². The Bertz CT molecular complexity index is 885. The van der Waals surface area contributed by atoms with Gasteiger partial charge in [-0.05, 0) is 67.3 Å². The van der Waals surface area contributed by atoms with Crippen molar-refractivity contribution in [1.29, 1.82) is 0 Å². The van der Waals surface area contributed by atoms with Crippen LogP contribution in [0.4, 0.5) is 0 Å². The number of hydrogen-bond acceptors (Lipinski definition) is 6. The molecule has 218 valence electrons. The lowest BCUT2D eigenvalue weighted by molar-refractivity contribution is -0.134. The molecule has 0 aliphatic rings. The van der Waals surface area contributed by atoms with Gasteiger partial charge in [-0.3, -0.25) is 14.6 Å². The molecule has 1 aromatic rings. The molecule has 0 spiro atoms. The monoisotopic (exact) mass is 548 g/mol. The number of nitrogens with one attached hydrogen (secondary N) is 1. The molecular weight excluding hydrogens is 492 g/mol. The predicted octanol–water partition coefficient (Wildman–Crippen LogP) is 5.75. The molecule has 8 heteroatoms. The van der Waals surface area contributed by atoms with E-state index in [1.54, 1.807) is 24.4 Å². The largest absolute Gasteiger partial charge is 0.414 e. The Morgan fingerprint density at radius 2 is 1.68 bits per heavy atom. The van der Waals surface area contributed by atoms with Crippen LogP contribution >= 0.6 is 0 Å². The number of carbonyl (C=O) groups excluding carboxylic acids is 2. The van der Waals surface area contributed by atoms with E-state index in [0.717, 1.165) is 19.3 Å². The lowest BCUT2D eigenvalue weighted by Gasteiger charge is -2.43. The van der Waals surface area contributed by atoms with Crippen molar-refractivity contribution in [1.82, 2.24) is 10.3 Å². The molecule has 5 atom stereocenters. The third kappa shape index (κ3) is 9.25. The summed E-state index contributed by atoms with van der Waals surface area (Å²) in [6.07, 6.45) is 4.38. The molecule has 1 unspecified atom stereocenters. The van der Waals surface area contributed by atoms with Crippen molar-refractivity contribution >= 4 is 20.0 Å². The van der Waals surface area contributed by atoms with E-state index in [1.165, 1.54) is 0 Å². The lowest BCUT2D eigenvalue weighted by atomic mass is 9.80. The first-order valence-electron chi connectivity index (χ1n) is 14.3. The third-order valence-electron chi connectivity index (χ3n) is 8.48. The quantitative estimate of drug-likeness (QED) is 0.240. The minimum atomic E-state index is -2.11. The van der Waals surface area contributed by atoms with Crippen LogP contribution in [0.5, 0.6) is 0 Å². The summed E-state index contributed by atoms with van der Waals surface area (Å²) in [5.74, 6) is -0.340. The highest BCUT2D eigenvalue weighted by atomic mass is 28.4. The summed E-state index contributed by atoms with van der Waals surface area (Å²) in [6, 6.07) is 3.63. The van der Waals surface area contributed by atoms with Crippen molar-refractivity contribution in [3.05, 3.63) is 30.1 Å². The molecule has 1 amide bonds. The van der Waals surface area contributed by atoms with Gasteiger partial charge in [0.25, 0.3) is 0 Å². The van der Waals surface area contributed by atoms with Crippen molar-refractivity contribution in [2.45, 2.75) is 130 Å². The van der Waals surface area contributed by atoms with Gasteiger partial charge in [-0.2, -0.15) is 0 Å². The molecule has 0 bridgehead atoms. The molecule has 1 heterocycles. The van der Waals surface area contributed by atoms with E-state index in [9.17, 15) is 9.59 Å². The summed E-state index contributed by atoms with van der Waals surface area (Å²) < 4.78 is 6.85. The van der Waals surface area contributed by atoms with Crippen LogP contribution in [0.15, 0.2) is 24.4 Å². The fourth-order valence-corrected chi connectivity index (χ4v) is 5.50. The summed E-state index contributed by atoms with van der Waals surface area (Å²) in [4.78, 5) is 31.9. The third-order valence-corrected chi connectivity index (χ3v) is 13.0. The normalized spacial score (nSPS) is 17.6.